The van der Waals surface area contributed by atoms with Crippen molar-refractivity contribution in [3.8, 4) is 0 Å². The molecule has 0 rings (SSSR count). The summed E-state index contributed by atoms with van der Waals surface area (Å²) in [5, 5.41) is 0. The van der Waals surface area contributed by atoms with E-state index in [1.54, 1.807) is 0 Å². The molecule has 0 heterocycles. The predicted molar refractivity (Wildman–Crippen MR) is 126 cm³/mol. The standard InChI is InChI=1S/C26H55N/c1-4-7-10-11-12-13-14-15-16-17-18-19-20-23-26-27(24-21-8-5-2)25-22-9-6-3/h4-26H2,1-3H3. The lowest BCUT2D eigenvalue weighted by Crippen LogP contribution is -2.27. The van der Waals surface area contributed by atoms with Gasteiger partial charge in [-0.15, -0.1) is 0 Å². The first-order valence-corrected chi connectivity index (χ1v) is 13.1. The van der Waals surface area contributed by atoms with Crippen molar-refractivity contribution in [2.75, 3.05) is 19.6 Å². The minimum Gasteiger partial charge on any atom is -0.303 e. The van der Waals surface area contributed by atoms with Gasteiger partial charge in [0.2, 0.25) is 0 Å². The fourth-order valence-electron chi connectivity index (χ4n) is 4.04. The van der Waals surface area contributed by atoms with Crippen LogP contribution in [0.1, 0.15) is 149 Å². The first-order valence-electron chi connectivity index (χ1n) is 13.1. The molecule has 1 nitrogen and oxygen atoms in total. The summed E-state index contributed by atoms with van der Waals surface area (Å²) in [5.41, 5.74) is 0. The summed E-state index contributed by atoms with van der Waals surface area (Å²) in [6.07, 6.45) is 28.8. The molecule has 27 heavy (non-hydrogen) atoms. The van der Waals surface area contributed by atoms with Crippen LogP contribution in [0.5, 0.6) is 0 Å². The van der Waals surface area contributed by atoms with E-state index in [0.717, 1.165) is 0 Å². The van der Waals surface area contributed by atoms with E-state index in [1.807, 2.05) is 0 Å². The summed E-state index contributed by atoms with van der Waals surface area (Å²) in [6, 6.07) is 0. The zero-order chi connectivity index (χ0) is 19.8. The van der Waals surface area contributed by atoms with Gasteiger partial charge in [0.25, 0.3) is 0 Å². The van der Waals surface area contributed by atoms with Crippen molar-refractivity contribution in [3.63, 3.8) is 0 Å². The van der Waals surface area contributed by atoms with E-state index >= 15 is 0 Å². The maximum atomic E-state index is 2.76. The smallest absolute Gasteiger partial charge is 0.00187 e. The third kappa shape index (κ3) is 22.1. The van der Waals surface area contributed by atoms with Crippen LogP contribution < -0.4 is 0 Å². The highest BCUT2D eigenvalue weighted by Crippen LogP contribution is 2.13. The lowest BCUT2D eigenvalue weighted by molar-refractivity contribution is 0.255. The molecule has 0 fully saturated rings. The summed E-state index contributed by atoms with van der Waals surface area (Å²) in [5.74, 6) is 0. The molecule has 0 spiro atoms. The van der Waals surface area contributed by atoms with Crippen molar-refractivity contribution < 1.29 is 0 Å². The molecule has 0 atom stereocenters. The number of hydrogen-bond acceptors (Lipinski definition) is 1. The van der Waals surface area contributed by atoms with Crippen LogP contribution in [0.2, 0.25) is 0 Å². The average molecular weight is 382 g/mol. The lowest BCUT2D eigenvalue weighted by Gasteiger charge is -2.22. The molecule has 0 amide bonds. The zero-order valence-corrected chi connectivity index (χ0v) is 19.7. The van der Waals surface area contributed by atoms with E-state index in [-0.39, 0.29) is 0 Å². The van der Waals surface area contributed by atoms with Gasteiger partial charge >= 0.3 is 0 Å². The van der Waals surface area contributed by atoms with E-state index in [4.69, 9.17) is 0 Å². The van der Waals surface area contributed by atoms with E-state index in [1.165, 1.54) is 148 Å². The second kappa shape index (κ2) is 24.0. The molecule has 0 saturated carbocycles. The van der Waals surface area contributed by atoms with E-state index in [2.05, 4.69) is 25.7 Å². The van der Waals surface area contributed by atoms with Crippen molar-refractivity contribution in [2.45, 2.75) is 149 Å². The molecule has 0 aliphatic rings. The molecule has 0 N–H and O–H groups in total. The number of unbranched alkanes of at least 4 members (excludes halogenated alkanes) is 17. The molecule has 0 aromatic heterocycles. The molecule has 0 unspecified atom stereocenters. The second-order valence-corrected chi connectivity index (χ2v) is 8.85. The fourth-order valence-corrected chi connectivity index (χ4v) is 4.04. The molecule has 0 aliphatic carbocycles. The van der Waals surface area contributed by atoms with Gasteiger partial charge in [0.15, 0.2) is 0 Å². The van der Waals surface area contributed by atoms with Crippen LogP contribution in [0.25, 0.3) is 0 Å². The third-order valence-electron chi connectivity index (χ3n) is 5.98. The molecule has 0 aliphatic heterocycles. The molecule has 0 aromatic carbocycles. The summed E-state index contributed by atoms with van der Waals surface area (Å²) in [4.78, 5) is 2.76. The van der Waals surface area contributed by atoms with Crippen LogP contribution in [-0.2, 0) is 0 Å². The zero-order valence-electron chi connectivity index (χ0n) is 19.7. The monoisotopic (exact) mass is 381 g/mol. The highest BCUT2D eigenvalue weighted by atomic mass is 15.1. The maximum Gasteiger partial charge on any atom is -0.00187 e. The Morgan fingerprint density at radius 1 is 0.296 bits per heavy atom. The van der Waals surface area contributed by atoms with Gasteiger partial charge in [-0.25, -0.2) is 0 Å². The SMILES string of the molecule is CCCCCCCCCCCCCCCCN(CCCCC)CCCCC. The molecule has 0 radical (unpaired) electrons. The van der Waals surface area contributed by atoms with Crippen LogP contribution in [0, 0.1) is 0 Å². The van der Waals surface area contributed by atoms with Crippen LogP contribution in [0.3, 0.4) is 0 Å². The average Bonchev–Trinajstić information content (AvgIpc) is 2.68. The largest absolute Gasteiger partial charge is 0.303 e. The first kappa shape index (κ1) is 27.0. The third-order valence-corrected chi connectivity index (χ3v) is 5.98. The first-order chi connectivity index (χ1) is 13.3. The van der Waals surface area contributed by atoms with Gasteiger partial charge in [0.05, 0.1) is 0 Å². The van der Waals surface area contributed by atoms with Gasteiger partial charge in [-0.2, -0.15) is 0 Å². The van der Waals surface area contributed by atoms with Crippen LogP contribution >= 0.6 is 0 Å². The fraction of sp³-hybridized carbons (Fsp3) is 1.00. The summed E-state index contributed by atoms with van der Waals surface area (Å²) < 4.78 is 0. The Hall–Kier alpha value is -0.0400. The summed E-state index contributed by atoms with van der Waals surface area (Å²) >= 11 is 0. The summed E-state index contributed by atoms with van der Waals surface area (Å²) in [6.45, 7) is 11.0. The normalized spacial score (nSPS) is 11.6. The Kier molecular flexibility index (Phi) is 24.0. The van der Waals surface area contributed by atoms with Crippen molar-refractivity contribution in [1.29, 1.82) is 0 Å². The molecule has 1 heteroatoms. The van der Waals surface area contributed by atoms with Crippen molar-refractivity contribution in [1.82, 2.24) is 4.90 Å². The van der Waals surface area contributed by atoms with Gasteiger partial charge < -0.3 is 4.90 Å². The quantitative estimate of drug-likeness (QED) is 0.159. The van der Waals surface area contributed by atoms with E-state index in [0.29, 0.717) is 0 Å². The van der Waals surface area contributed by atoms with E-state index in [9.17, 15) is 0 Å². The van der Waals surface area contributed by atoms with Crippen LogP contribution in [0.4, 0.5) is 0 Å². The van der Waals surface area contributed by atoms with Crippen molar-refractivity contribution in [2.24, 2.45) is 0 Å². The van der Waals surface area contributed by atoms with Gasteiger partial charge in [-0.3, -0.25) is 0 Å². The van der Waals surface area contributed by atoms with Gasteiger partial charge in [-0.05, 0) is 38.9 Å². The molecule has 0 bridgehead atoms. The minimum absolute atomic E-state index is 1.34. The van der Waals surface area contributed by atoms with Gasteiger partial charge in [0, 0.05) is 0 Å². The van der Waals surface area contributed by atoms with Gasteiger partial charge in [-0.1, -0.05) is 130 Å². The Bertz CT molecular complexity index is 241. The number of hydrogen-bond donors (Lipinski definition) is 0. The molecule has 0 saturated heterocycles. The minimum atomic E-state index is 1.34. The highest BCUT2D eigenvalue weighted by Gasteiger charge is 2.04. The molecular weight excluding hydrogens is 326 g/mol. The Balaban J connectivity index is 3.39. The highest BCUT2D eigenvalue weighted by molar-refractivity contribution is 4.59. The topological polar surface area (TPSA) is 3.24 Å². The molecular formula is C26H55N. The van der Waals surface area contributed by atoms with Gasteiger partial charge in [0.1, 0.15) is 0 Å². The van der Waals surface area contributed by atoms with Crippen LogP contribution in [-0.4, -0.2) is 24.5 Å². The van der Waals surface area contributed by atoms with Crippen molar-refractivity contribution in [3.05, 3.63) is 0 Å². The molecule has 164 valence electrons. The Morgan fingerprint density at radius 2 is 0.519 bits per heavy atom. The number of nitrogens with zero attached hydrogens (tertiary/aromatic N) is 1. The second-order valence-electron chi connectivity index (χ2n) is 8.85. The lowest BCUT2D eigenvalue weighted by atomic mass is 10.0. The van der Waals surface area contributed by atoms with Crippen molar-refractivity contribution >= 4 is 0 Å². The maximum absolute atomic E-state index is 2.76. The predicted octanol–water partition coefficient (Wildman–Crippen LogP) is 9.15. The Morgan fingerprint density at radius 3 is 0.852 bits per heavy atom. The Labute approximate surface area is 174 Å². The number of rotatable bonds is 23. The van der Waals surface area contributed by atoms with E-state index < -0.39 is 0 Å². The molecule has 0 aromatic rings. The van der Waals surface area contributed by atoms with Crippen LogP contribution in [0.15, 0.2) is 0 Å². The summed E-state index contributed by atoms with van der Waals surface area (Å²) in [7, 11) is 0.